The molecule has 1 unspecified atom stereocenters. The summed E-state index contributed by atoms with van der Waals surface area (Å²) >= 11 is 0. The van der Waals surface area contributed by atoms with Crippen LogP contribution in [0.4, 0.5) is 0 Å². The van der Waals surface area contributed by atoms with Crippen LogP contribution in [0.5, 0.6) is 0 Å². The highest BCUT2D eigenvalue weighted by Gasteiger charge is 2.29. The molecule has 0 aliphatic carbocycles. The van der Waals surface area contributed by atoms with E-state index in [1.165, 1.54) is 11.1 Å². The van der Waals surface area contributed by atoms with E-state index in [4.69, 9.17) is 0 Å². The van der Waals surface area contributed by atoms with E-state index in [9.17, 15) is 9.59 Å². The van der Waals surface area contributed by atoms with Crippen LogP contribution in [0.2, 0.25) is 0 Å². The normalized spacial score (nSPS) is 18.3. The first-order valence-electron chi connectivity index (χ1n) is 8.96. The Morgan fingerprint density at radius 3 is 2.67 bits per heavy atom. The summed E-state index contributed by atoms with van der Waals surface area (Å²) in [6.45, 7) is 10.2. The van der Waals surface area contributed by atoms with Gasteiger partial charge < -0.3 is 10.2 Å². The molecule has 4 nitrogen and oxygen atoms in total. The minimum Gasteiger partial charge on any atom is -0.355 e. The minimum absolute atomic E-state index is 0.0743. The molecule has 1 aliphatic heterocycles. The van der Waals surface area contributed by atoms with Crippen molar-refractivity contribution in [3.63, 3.8) is 0 Å². The van der Waals surface area contributed by atoms with Gasteiger partial charge in [0, 0.05) is 31.5 Å². The molecule has 1 aromatic carbocycles. The van der Waals surface area contributed by atoms with E-state index < -0.39 is 0 Å². The Kier molecular flexibility index (Phi) is 6.03. The lowest BCUT2D eigenvalue weighted by Gasteiger charge is -2.33. The first kappa shape index (κ1) is 18.5. The second-order valence-corrected chi connectivity index (χ2v) is 7.45. The molecule has 1 heterocycles. The van der Waals surface area contributed by atoms with Crippen molar-refractivity contribution in [1.82, 2.24) is 10.2 Å². The van der Waals surface area contributed by atoms with E-state index in [-0.39, 0.29) is 23.1 Å². The van der Waals surface area contributed by atoms with Gasteiger partial charge in [0.2, 0.25) is 11.8 Å². The van der Waals surface area contributed by atoms with E-state index in [0.29, 0.717) is 19.5 Å². The van der Waals surface area contributed by atoms with Crippen LogP contribution in [-0.4, -0.2) is 36.3 Å². The highest BCUT2D eigenvalue weighted by molar-refractivity contribution is 5.81. The lowest BCUT2D eigenvalue weighted by atomic mass is 9.82. The fraction of sp³-hybridized carbons (Fsp3) is 0.600. The molecule has 1 N–H and O–H groups in total. The van der Waals surface area contributed by atoms with Gasteiger partial charge in [-0.25, -0.2) is 0 Å². The molecule has 1 fully saturated rings. The van der Waals surface area contributed by atoms with E-state index in [1.54, 1.807) is 0 Å². The molecule has 0 saturated carbocycles. The fourth-order valence-corrected chi connectivity index (χ4v) is 3.52. The number of hydrogen-bond donors (Lipinski definition) is 1. The van der Waals surface area contributed by atoms with Gasteiger partial charge in [0.25, 0.3) is 0 Å². The van der Waals surface area contributed by atoms with Crippen LogP contribution < -0.4 is 5.32 Å². The third kappa shape index (κ3) is 4.37. The maximum absolute atomic E-state index is 12.6. The van der Waals surface area contributed by atoms with Crippen molar-refractivity contribution in [2.45, 2.75) is 52.4 Å². The smallest absolute Gasteiger partial charge is 0.224 e. The first-order valence-corrected chi connectivity index (χ1v) is 8.96. The second kappa shape index (κ2) is 7.82. The van der Waals surface area contributed by atoms with Crippen molar-refractivity contribution in [3.8, 4) is 0 Å². The van der Waals surface area contributed by atoms with Crippen molar-refractivity contribution < 1.29 is 9.59 Å². The number of aryl methyl sites for hydroxylation is 1. The van der Waals surface area contributed by atoms with Crippen molar-refractivity contribution in [3.05, 3.63) is 35.4 Å². The predicted molar refractivity (Wildman–Crippen MR) is 96.8 cm³/mol. The molecule has 24 heavy (non-hydrogen) atoms. The molecule has 0 spiro atoms. The number of nitrogens with zero attached hydrogens (tertiary/aromatic N) is 1. The van der Waals surface area contributed by atoms with Gasteiger partial charge in [0.1, 0.15) is 0 Å². The van der Waals surface area contributed by atoms with Crippen LogP contribution in [0.3, 0.4) is 0 Å². The van der Waals surface area contributed by atoms with E-state index >= 15 is 0 Å². The maximum Gasteiger partial charge on any atom is 0.224 e. The van der Waals surface area contributed by atoms with Crippen LogP contribution in [0.15, 0.2) is 24.3 Å². The lowest BCUT2D eigenvalue weighted by Crippen LogP contribution is -2.47. The minimum atomic E-state index is -0.116. The zero-order chi connectivity index (χ0) is 17.7. The Morgan fingerprint density at radius 2 is 2.00 bits per heavy atom. The Hall–Kier alpha value is -1.84. The van der Waals surface area contributed by atoms with E-state index in [1.807, 2.05) is 24.0 Å². The largest absolute Gasteiger partial charge is 0.355 e. The third-order valence-electron chi connectivity index (χ3n) is 5.03. The summed E-state index contributed by atoms with van der Waals surface area (Å²) in [5.41, 5.74) is 2.39. The van der Waals surface area contributed by atoms with Gasteiger partial charge in [-0.3, -0.25) is 9.59 Å². The molecule has 2 rings (SSSR count). The van der Waals surface area contributed by atoms with Crippen LogP contribution in [0.1, 0.15) is 51.2 Å². The van der Waals surface area contributed by atoms with Gasteiger partial charge in [0.15, 0.2) is 0 Å². The lowest BCUT2D eigenvalue weighted by molar-refractivity contribution is -0.135. The maximum atomic E-state index is 12.6. The monoisotopic (exact) mass is 330 g/mol. The summed E-state index contributed by atoms with van der Waals surface area (Å²) in [7, 11) is 0. The average molecular weight is 330 g/mol. The summed E-state index contributed by atoms with van der Waals surface area (Å²) in [5, 5.41) is 3.12. The van der Waals surface area contributed by atoms with Crippen molar-refractivity contribution in [1.29, 1.82) is 0 Å². The van der Waals surface area contributed by atoms with Crippen LogP contribution in [-0.2, 0) is 15.0 Å². The van der Waals surface area contributed by atoms with Gasteiger partial charge in [-0.1, -0.05) is 45.0 Å². The molecule has 1 aromatic rings. The molecular weight excluding hydrogens is 300 g/mol. The molecule has 1 saturated heterocycles. The standard InChI is InChI=1S/C20H30N2O2/c1-5-18(23)22-12-8-10-16(13-22)19(24)21-14-20(3,4)17-11-7-6-9-15(17)2/h6-7,9,11,16H,5,8,10,12-14H2,1-4H3,(H,21,24). The molecule has 1 aliphatic rings. The third-order valence-corrected chi connectivity index (χ3v) is 5.03. The first-order chi connectivity index (χ1) is 11.3. The predicted octanol–water partition coefficient (Wildman–Crippen LogP) is 3.04. The molecule has 4 heteroatoms. The molecule has 0 aromatic heterocycles. The number of nitrogens with one attached hydrogen (secondary N) is 1. The summed E-state index contributed by atoms with van der Waals surface area (Å²) in [5.74, 6) is 0.139. The average Bonchev–Trinajstić information content (AvgIpc) is 2.59. The molecule has 0 bridgehead atoms. The van der Waals surface area contributed by atoms with Gasteiger partial charge >= 0.3 is 0 Å². The number of hydrogen-bond acceptors (Lipinski definition) is 2. The number of carbonyl (C=O) groups is 2. The molecule has 2 amide bonds. The number of carbonyl (C=O) groups excluding carboxylic acids is 2. The van der Waals surface area contributed by atoms with E-state index in [0.717, 1.165) is 19.4 Å². The molecule has 132 valence electrons. The van der Waals surface area contributed by atoms with Gasteiger partial charge in [-0.15, -0.1) is 0 Å². The fourth-order valence-electron chi connectivity index (χ4n) is 3.52. The second-order valence-electron chi connectivity index (χ2n) is 7.45. The zero-order valence-corrected chi connectivity index (χ0v) is 15.4. The number of rotatable bonds is 5. The van der Waals surface area contributed by atoms with Crippen LogP contribution >= 0.6 is 0 Å². The summed E-state index contributed by atoms with van der Waals surface area (Å²) in [6, 6.07) is 8.31. The van der Waals surface area contributed by atoms with Gasteiger partial charge in [-0.05, 0) is 30.9 Å². The topological polar surface area (TPSA) is 49.4 Å². The number of benzene rings is 1. The van der Waals surface area contributed by atoms with Crippen molar-refractivity contribution in [2.75, 3.05) is 19.6 Å². The van der Waals surface area contributed by atoms with Crippen molar-refractivity contribution >= 4 is 11.8 Å². The van der Waals surface area contributed by atoms with Crippen molar-refractivity contribution in [2.24, 2.45) is 5.92 Å². The number of piperidine rings is 1. The molecule has 1 atom stereocenters. The Labute approximate surface area is 145 Å². The van der Waals surface area contributed by atoms with Gasteiger partial charge in [0.05, 0.1) is 5.92 Å². The number of likely N-dealkylation sites (tertiary alicyclic amines) is 1. The van der Waals surface area contributed by atoms with Crippen LogP contribution in [0.25, 0.3) is 0 Å². The van der Waals surface area contributed by atoms with E-state index in [2.05, 4.69) is 38.2 Å². The highest BCUT2D eigenvalue weighted by atomic mass is 16.2. The Morgan fingerprint density at radius 1 is 1.29 bits per heavy atom. The Bertz CT molecular complexity index is 595. The number of amides is 2. The molecular formula is C20H30N2O2. The van der Waals surface area contributed by atoms with Gasteiger partial charge in [-0.2, -0.15) is 0 Å². The summed E-state index contributed by atoms with van der Waals surface area (Å²) < 4.78 is 0. The molecule has 0 radical (unpaired) electrons. The quantitative estimate of drug-likeness (QED) is 0.902. The summed E-state index contributed by atoms with van der Waals surface area (Å²) in [4.78, 5) is 26.3. The SMILES string of the molecule is CCC(=O)N1CCCC(C(=O)NCC(C)(C)c2ccccc2C)C1. The zero-order valence-electron chi connectivity index (χ0n) is 15.4. The summed E-state index contributed by atoms with van der Waals surface area (Å²) in [6.07, 6.45) is 2.28. The Balaban J connectivity index is 1.95. The highest BCUT2D eigenvalue weighted by Crippen LogP contribution is 2.26. The van der Waals surface area contributed by atoms with Crippen LogP contribution in [0, 0.1) is 12.8 Å².